The van der Waals surface area contributed by atoms with Crippen LogP contribution in [-0.2, 0) is 4.74 Å². The van der Waals surface area contributed by atoms with Crippen LogP contribution in [0.4, 0.5) is 4.79 Å². The standard InChI is InChI=1S/C25H28NO2P/c1-25(2,3)28-24(27)26-19-23(20-13-7-4-8-14-20)29(21-15-9-5-10-16-21)22-17-11-6-12-18-22/h4-18,23H,19H2,1-3H3,(H,26,27). The van der Waals surface area contributed by atoms with E-state index in [0.29, 0.717) is 6.54 Å². The number of hydrogen-bond acceptors (Lipinski definition) is 2. The number of alkyl carbamates (subject to hydrolysis) is 1. The molecule has 0 spiro atoms. The van der Waals surface area contributed by atoms with Crippen LogP contribution >= 0.6 is 7.92 Å². The van der Waals surface area contributed by atoms with Crippen LogP contribution in [-0.4, -0.2) is 18.2 Å². The van der Waals surface area contributed by atoms with E-state index in [2.05, 4.69) is 78.1 Å². The van der Waals surface area contributed by atoms with Crippen molar-refractivity contribution in [1.82, 2.24) is 5.32 Å². The van der Waals surface area contributed by atoms with Crippen molar-refractivity contribution in [2.45, 2.75) is 32.0 Å². The molecule has 0 fully saturated rings. The monoisotopic (exact) mass is 405 g/mol. The van der Waals surface area contributed by atoms with Gasteiger partial charge in [-0.25, -0.2) is 4.79 Å². The third kappa shape index (κ3) is 6.17. The lowest BCUT2D eigenvalue weighted by Gasteiger charge is -2.30. The van der Waals surface area contributed by atoms with Gasteiger partial charge in [-0.1, -0.05) is 91.0 Å². The Hall–Kier alpha value is -2.64. The fourth-order valence-corrected chi connectivity index (χ4v) is 5.96. The minimum Gasteiger partial charge on any atom is -0.444 e. The maximum absolute atomic E-state index is 12.4. The van der Waals surface area contributed by atoms with Gasteiger partial charge < -0.3 is 10.1 Å². The number of nitrogens with one attached hydrogen (secondary N) is 1. The smallest absolute Gasteiger partial charge is 0.407 e. The zero-order valence-corrected chi connectivity index (χ0v) is 18.1. The summed E-state index contributed by atoms with van der Waals surface area (Å²) in [6.07, 6.45) is -0.380. The van der Waals surface area contributed by atoms with Crippen LogP contribution in [0, 0.1) is 0 Å². The van der Waals surface area contributed by atoms with Gasteiger partial charge in [0.1, 0.15) is 5.60 Å². The highest BCUT2D eigenvalue weighted by atomic mass is 31.1. The zero-order valence-electron chi connectivity index (χ0n) is 17.2. The lowest BCUT2D eigenvalue weighted by atomic mass is 10.1. The van der Waals surface area contributed by atoms with E-state index < -0.39 is 13.5 Å². The minimum atomic E-state index is -0.725. The summed E-state index contributed by atoms with van der Waals surface area (Å²) in [6.45, 7) is 6.14. The van der Waals surface area contributed by atoms with E-state index in [4.69, 9.17) is 4.74 Å². The van der Waals surface area contributed by atoms with E-state index in [1.807, 2.05) is 39.0 Å². The molecule has 4 heteroatoms. The molecule has 0 bridgehead atoms. The van der Waals surface area contributed by atoms with Gasteiger partial charge in [0, 0.05) is 12.2 Å². The normalized spacial score (nSPS) is 12.4. The fourth-order valence-electron chi connectivity index (χ4n) is 3.21. The molecule has 1 amide bonds. The number of carbonyl (C=O) groups excluding carboxylic acids is 1. The first-order valence-corrected chi connectivity index (χ1v) is 11.3. The molecule has 0 heterocycles. The van der Waals surface area contributed by atoms with Gasteiger partial charge in [-0.15, -0.1) is 0 Å². The zero-order chi connectivity index (χ0) is 20.7. The molecule has 1 unspecified atom stereocenters. The molecule has 0 aliphatic carbocycles. The third-order valence-electron chi connectivity index (χ3n) is 4.40. The second-order valence-electron chi connectivity index (χ2n) is 7.85. The first-order chi connectivity index (χ1) is 13.9. The molecule has 3 rings (SSSR count). The number of amides is 1. The van der Waals surface area contributed by atoms with Gasteiger partial charge in [-0.3, -0.25) is 0 Å². The summed E-state index contributed by atoms with van der Waals surface area (Å²) in [6, 6.07) is 31.5. The van der Waals surface area contributed by atoms with Gasteiger partial charge >= 0.3 is 6.09 Å². The molecule has 0 aliphatic rings. The van der Waals surface area contributed by atoms with Gasteiger partial charge in [0.25, 0.3) is 0 Å². The summed E-state index contributed by atoms with van der Waals surface area (Å²) in [5.41, 5.74) is 0.821. The molecule has 3 aromatic rings. The third-order valence-corrected chi connectivity index (χ3v) is 7.22. The largest absolute Gasteiger partial charge is 0.444 e. The Bertz CT molecular complexity index is 853. The molecule has 0 radical (unpaired) electrons. The van der Waals surface area contributed by atoms with Crippen LogP contribution in [0.15, 0.2) is 91.0 Å². The number of ether oxygens (including phenoxy) is 1. The average molecular weight is 405 g/mol. The molecule has 29 heavy (non-hydrogen) atoms. The highest BCUT2D eigenvalue weighted by Crippen LogP contribution is 2.49. The fraction of sp³-hybridized carbons (Fsp3) is 0.240. The van der Waals surface area contributed by atoms with E-state index in [-0.39, 0.29) is 11.8 Å². The lowest BCUT2D eigenvalue weighted by Crippen LogP contribution is -2.35. The predicted octanol–water partition coefficient (Wildman–Crippen LogP) is 5.39. The van der Waals surface area contributed by atoms with Crippen LogP contribution < -0.4 is 15.9 Å². The Kier molecular flexibility index (Phi) is 7.06. The van der Waals surface area contributed by atoms with Gasteiger partial charge in [-0.2, -0.15) is 0 Å². The lowest BCUT2D eigenvalue weighted by molar-refractivity contribution is 0.0528. The number of carbonyl (C=O) groups is 1. The van der Waals surface area contributed by atoms with Gasteiger partial charge in [0.15, 0.2) is 0 Å². The number of rotatable bonds is 6. The molecule has 0 aromatic heterocycles. The highest BCUT2D eigenvalue weighted by molar-refractivity contribution is 7.73. The van der Waals surface area contributed by atoms with Crippen LogP contribution in [0.1, 0.15) is 32.0 Å². The van der Waals surface area contributed by atoms with Crippen LogP contribution in [0.5, 0.6) is 0 Å². The van der Waals surface area contributed by atoms with Crippen molar-refractivity contribution in [3.63, 3.8) is 0 Å². The SMILES string of the molecule is CC(C)(C)OC(=O)NCC(c1ccccc1)P(c1ccccc1)c1ccccc1. The summed E-state index contributed by atoms with van der Waals surface area (Å²) in [5.74, 6) is 0. The molecule has 1 N–H and O–H groups in total. The Morgan fingerprint density at radius 3 is 1.72 bits per heavy atom. The molecule has 1 atom stereocenters. The number of benzene rings is 3. The molecule has 0 saturated heterocycles. The van der Waals surface area contributed by atoms with Crippen LogP contribution in [0.2, 0.25) is 0 Å². The first-order valence-electron chi connectivity index (χ1n) is 9.85. The summed E-state index contributed by atoms with van der Waals surface area (Å²) >= 11 is 0. The van der Waals surface area contributed by atoms with Gasteiger partial charge in [-0.05, 0) is 44.9 Å². The van der Waals surface area contributed by atoms with Crippen LogP contribution in [0.3, 0.4) is 0 Å². The summed E-state index contributed by atoms with van der Waals surface area (Å²) in [7, 11) is -0.725. The highest BCUT2D eigenvalue weighted by Gasteiger charge is 2.27. The van der Waals surface area contributed by atoms with E-state index in [0.717, 1.165) is 0 Å². The van der Waals surface area contributed by atoms with Crippen LogP contribution in [0.25, 0.3) is 0 Å². The predicted molar refractivity (Wildman–Crippen MR) is 122 cm³/mol. The van der Waals surface area contributed by atoms with Crippen molar-refractivity contribution in [3.05, 3.63) is 96.6 Å². The molecule has 3 aromatic carbocycles. The Labute approximate surface area is 174 Å². The number of hydrogen-bond donors (Lipinski definition) is 1. The molecular formula is C25H28NO2P. The van der Waals surface area contributed by atoms with Crippen molar-refractivity contribution in [2.75, 3.05) is 6.54 Å². The van der Waals surface area contributed by atoms with Crippen molar-refractivity contribution in [2.24, 2.45) is 0 Å². The van der Waals surface area contributed by atoms with Gasteiger partial charge in [0.05, 0.1) is 0 Å². The van der Waals surface area contributed by atoms with E-state index in [1.54, 1.807) is 0 Å². The van der Waals surface area contributed by atoms with Crippen molar-refractivity contribution in [1.29, 1.82) is 0 Å². The molecule has 0 aliphatic heterocycles. The second kappa shape index (κ2) is 9.71. The van der Waals surface area contributed by atoms with E-state index >= 15 is 0 Å². The Morgan fingerprint density at radius 1 is 0.828 bits per heavy atom. The molecule has 0 saturated carbocycles. The molecule has 150 valence electrons. The topological polar surface area (TPSA) is 38.3 Å². The maximum Gasteiger partial charge on any atom is 0.407 e. The van der Waals surface area contributed by atoms with E-state index in [9.17, 15) is 4.79 Å². The summed E-state index contributed by atoms with van der Waals surface area (Å²) < 4.78 is 5.47. The average Bonchev–Trinajstić information content (AvgIpc) is 2.72. The van der Waals surface area contributed by atoms with Crippen molar-refractivity contribution in [3.8, 4) is 0 Å². The molecular weight excluding hydrogens is 377 g/mol. The first kappa shape index (κ1) is 21.1. The maximum atomic E-state index is 12.4. The second-order valence-corrected chi connectivity index (χ2v) is 10.2. The Morgan fingerprint density at radius 2 is 1.28 bits per heavy atom. The quantitative estimate of drug-likeness (QED) is 0.559. The Balaban J connectivity index is 1.96. The van der Waals surface area contributed by atoms with Gasteiger partial charge in [0.2, 0.25) is 0 Å². The molecule has 3 nitrogen and oxygen atoms in total. The van der Waals surface area contributed by atoms with Crippen molar-refractivity contribution >= 4 is 24.6 Å². The summed E-state index contributed by atoms with van der Waals surface area (Å²) in [4.78, 5) is 12.4. The summed E-state index contributed by atoms with van der Waals surface area (Å²) in [5, 5.41) is 5.58. The van der Waals surface area contributed by atoms with E-state index in [1.165, 1.54) is 16.2 Å². The minimum absolute atomic E-state index is 0.128. The van der Waals surface area contributed by atoms with Crippen molar-refractivity contribution < 1.29 is 9.53 Å².